The van der Waals surface area contributed by atoms with Crippen LogP contribution in [0.5, 0.6) is 0 Å². The van der Waals surface area contributed by atoms with Crippen LogP contribution in [0.3, 0.4) is 0 Å². The fourth-order valence-corrected chi connectivity index (χ4v) is 2.60. The van der Waals surface area contributed by atoms with E-state index in [1.807, 2.05) is 18.9 Å². The second kappa shape index (κ2) is 7.18. The normalized spacial score (nSPS) is 13.4. The highest BCUT2D eigenvalue weighted by molar-refractivity contribution is 7.98. The lowest BCUT2D eigenvalue weighted by atomic mass is 10.2. The molecule has 1 atom stereocenters. The van der Waals surface area contributed by atoms with E-state index in [-0.39, 0.29) is 5.84 Å². The van der Waals surface area contributed by atoms with E-state index in [9.17, 15) is 0 Å². The van der Waals surface area contributed by atoms with Crippen molar-refractivity contribution in [3.8, 4) is 0 Å². The second-order valence-electron chi connectivity index (χ2n) is 4.31. The molecule has 0 aromatic carbocycles. The number of thioether (sulfide) groups is 1. The van der Waals surface area contributed by atoms with Gasteiger partial charge in [-0.05, 0) is 25.7 Å². The molecule has 0 aliphatic carbocycles. The van der Waals surface area contributed by atoms with Gasteiger partial charge in [-0.1, -0.05) is 12.1 Å². The standard InChI is InChI=1S/C12H21N5OS/c1-5-9(7-19-4)17(3)12-14-8(2)6-10(15-12)11(13)16-18/h6,9,18H,5,7H2,1-4H3,(H2,13,16). The minimum Gasteiger partial charge on any atom is -0.409 e. The van der Waals surface area contributed by atoms with Crippen LogP contribution in [0.4, 0.5) is 5.95 Å². The Bertz CT molecular complexity index is 452. The molecule has 0 radical (unpaired) electrons. The molecule has 0 spiro atoms. The first-order valence-corrected chi connectivity index (χ1v) is 7.48. The predicted octanol–water partition coefficient (Wildman–Crippen LogP) is 1.46. The van der Waals surface area contributed by atoms with Crippen molar-refractivity contribution in [3.05, 3.63) is 17.5 Å². The van der Waals surface area contributed by atoms with Gasteiger partial charge in [-0.15, -0.1) is 0 Å². The van der Waals surface area contributed by atoms with Crippen LogP contribution in [0, 0.1) is 6.92 Å². The van der Waals surface area contributed by atoms with Crippen molar-refractivity contribution in [2.24, 2.45) is 10.9 Å². The van der Waals surface area contributed by atoms with Crippen LogP contribution in [-0.4, -0.2) is 46.1 Å². The average molecular weight is 283 g/mol. The monoisotopic (exact) mass is 283 g/mol. The fraction of sp³-hybridized carbons (Fsp3) is 0.583. The lowest BCUT2D eigenvalue weighted by Crippen LogP contribution is -2.35. The van der Waals surface area contributed by atoms with Crippen LogP contribution in [0.25, 0.3) is 0 Å². The van der Waals surface area contributed by atoms with Crippen molar-refractivity contribution in [2.45, 2.75) is 26.3 Å². The van der Waals surface area contributed by atoms with Gasteiger partial charge in [0.15, 0.2) is 5.84 Å². The van der Waals surface area contributed by atoms with Gasteiger partial charge in [-0.3, -0.25) is 0 Å². The van der Waals surface area contributed by atoms with Crippen LogP contribution in [0.15, 0.2) is 11.2 Å². The zero-order chi connectivity index (χ0) is 14.4. The molecule has 0 aliphatic heterocycles. The van der Waals surface area contributed by atoms with Crippen LogP contribution >= 0.6 is 11.8 Å². The Balaban J connectivity index is 3.09. The van der Waals surface area contributed by atoms with Gasteiger partial charge in [0.05, 0.1) is 0 Å². The van der Waals surface area contributed by atoms with Crippen molar-refractivity contribution < 1.29 is 5.21 Å². The van der Waals surface area contributed by atoms with E-state index in [2.05, 4.69) is 28.3 Å². The fourth-order valence-electron chi connectivity index (χ4n) is 1.75. The molecule has 0 fully saturated rings. The molecular weight excluding hydrogens is 262 g/mol. The minimum absolute atomic E-state index is 0.00179. The van der Waals surface area contributed by atoms with Crippen molar-refractivity contribution in [2.75, 3.05) is 24.0 Å². The summed E-state index contributed by atoms with van der Waals surface area (Å²) in [4.78, 5) is 10.8. The molecule has 1 aromatic rings. The van der Waals surface area contributed by atoms with Gasteiger partial charge in [-0.25, -0.2) is 9.97 Å². The molecule has 0 aliphatic rings. The number of nitrogens with two attached hydrogens (primary N) is 1. The molecule has 3 N–H and O–H groups in total. The van der Waals surface area contributed by atoms with Crippen LogP contribution in [0.2, 0.25) is 0 Å². The molecule has 0 bridgehead atoms. The topological polar surface area (TPSA) is 87.6 Å². The lowest BCUT2D eigenvalue weighted by Gasteiger charge is -2.27. The first-order chi connectivity index (χ1) is 9.03. The largest absolute Gasteiger partial charge is 0.409 e. The van der Waals surface area contributed by atoms with Gasteiger partial charge in [-0.2, -0.15) is 11.8 Å². The molecule has 1 aromatic heterocycles. The summed E-state index contributed by atoms with van der Waals surface area (Å²) in [5.41, 5.74) is 6.82. The number of anilines is 1. The average Bonchev–Trinajstić information content (AvgIpc) is 2.42. The minimum atomic E-state index is -0.00179. The van der Waals surface area contributed by atoms with Gasteiger partial charge < -0.3 is 15.8 Å². The lowest BCUT2D eigenvalue weighted by molar-refractivity contribution is 0.318. The third kappa shape index (κ3) is 3.99. The number of amidine groups is 1. The molecule has 6 nitrogen and oxygen atoms in total. The van der Waals surface area contributed by atoms with Gasteiger partial charge in [0.1, 0.15) is 5.69 Å². The quantitative estimate of drug-likeness (QED) is 0.356. The molecular formula is C12H21N5OS. The second-order valence-corrected chi connectivity index (χ2v) is 5.22. The van der Waals surface area contributed by atoms with Crippen LogP contribution in [-0.2, 0) is 0 Å². The van der Waals surface area contributed by atoms with E-state index in [0.29, 0.717) is 17.7 Å². The molecule has 1 heterocycles. The van der Waals surface area contributed by atoms with E-state index in [1.165, 1.54) is 0 Å². The number of hydrogen-bond donors (Lipinski definition) is 2. The zero-order valence-corrected chi connectivity index (χ0v) is 12.6. The molecule has 0 saturated carbocycles. The molecule has 1 rings (SSSR count). The summed E-state index contributed by atoms with van der Waals surface area (Å²) in [6.07, 6.45) is 3.09. The zero-order valence-electron chi connectivity index (χ0n) is 11.8. The first kappa shape index (κ1) is 15.6. The summed E-state index contributed by atoms with van der Waals surface area (Å²) < 4.78 is 0. The van der Waals surface area contributed by atoms with E-state index >= 15 is 0 Å². The number of rotatable bonds is 6. The number of hydrogen-bond acceptors (Lipinski definition) is 6. The van der Waals surface area contributed by atoms with Crippen molar-refractivity contribution in [1.29, 1.82) is 0 Å². The maximum absolute atomic E-state index is 8.73. The van der Waals surface area contributed by atoms with Gasteiger partial charge in [0.25, 0.3) is 0 Å². The number of nitrogens with zero attached hydrogens (tertiary/aromatic N) is 4. The smallest absolute Gasteiger partial charge is 0.226 e. The Morgan fingerprint density at radius 2 is 2.26 bits per heavy atom. The highest BCUT2D eigenvalue weighted by Crippen LogP contribution is 2.16. The summed E-state index contributed by atoms with van der Waals surface area (Å²) in [5, 5.41) is 11.7. The van der Waals surface area contributed by atoms with Gasteiger partial charge >= 0.3 is 0 Å². The molecule has 7 heteroatoms. The molecule has 1 unspecified atom stereocenters. The van der Waals surface area contributed by atoms with E-state index < -0.39 is 0 Å². The van der Waals surface area contributed by atoms with Crippen molar-refractivity contribution in [1.82, 2.24) is 9.97 Å². The highest BCUT2D eigenvalue weighted by Gasteiger charge is 2.17. The number of aryl methyl sites for hydroxylation is 1. The van der Waals surface area contributed by atoms with Crippen molar-refractivity contribution >= 4 is 23.5 Å². The summed E-state index contributed by atoms with van der Waals surface area (Å²) in [5.74, 6) is 1.60. The SMILES string of the molecule is CCC(CSC)N(C)c1nc(C)cc(/C(N)=N/O)n1. The maximum atomic E-state index is 8.73. The van der Waals surface area contributed by atoms with Crippen LogP contribution in [0.1, 0.15) is 24.7 Å². The summed E-state index contributed by atoms with van der Waals surface area (Å²) in [6.45, 7) is 4.00. The Hall–Kier alpha value is -1.50. The maximum Gasteiger partial charge on any atom is 0.226 e. The van der Waals surface area contributed by atoms with E-state index in [4.69, 9.17) is 10.9 Å². The molecule has 106 valence electrons. The van der Waals surface area contributed by atoms with Gasteiger partial charge in [0.2, 0.25) is 5.95 Å². The predicted molar refractivity (Wildman–Crippen MR) is 80.1 cm³/mol. The molecule has 19 heavy (non-hydrogen) atoms. The molecule has 0 amide bonds. The molecule has 0 saturated heterocycles. The summed E-state index contributed by atoms with van der Waals surface area (Å²) in [7, 11) is 1.97. The number of oxime groups is 1. The summed E-state index contributed by atoms with van der Waals surface area (Å²) in [6, 6.07) is 2.05. The van der Waals surface area contributed by atoms with E-state index in [0.717, 1.165) is 17.9 Å². The van der Waals surface area contributed by atoms with E-state index in [1.54, 1.807) is 17.8 Å². The Kier molecular flexibility index (Phi) is 5.88. The summed E-state index contributed by atoms with van der Waals surface area (Å²) >= 11 is 1.79. The Morgan fingerprint density at radius 1 is 1.58 bits per heavy atom. The number of aromatic nitrogens is 2. The highest BCUT2D eigenvalue weighted by atomic mass is 32.2. The third-order valence-electron chi connectivity index (χ3n) is 2.91. The third-order valence-corrected chi connectivity index (χ3v) is 3.62. The first-order valence-electron chi connectivity index (χ1n) is 6.08. The van der Waals surface area contributed by atoms with Crippen molar-refractivity contribution in [3.63, 3.8) is 0 Å². The Morgan fingerprint density at radius 3 is 2.79 bits per heavy atom. The Labute approximate surface area is 118 Å². The van der Waals surface area contributed by atoms with Gasteiger partial charge in [0, 0.05) is 24.5 Å². The van der Waals surface area contributed by atoms with Crippen LogP contribution < -0.4 is 10.6 Å².